The Kier molecular flexibility index (Phi) is 7.37. The first kappa shape index (κ1) is 23.1. The number of allylic oxidation sites excluding steroid dienone is 9. The summed E-state index contributed by atoms with van der Waals surface area (Å²) in [5.74, 6) is 3.24. The van der Waals surface area contributed by atoms with Crippen LogP contribution in [0.3, 0.4) is 0 Å². The van der Waals surface area contributed by atoms with Crippen molar-refractivity contribution in [3.8, 4) is 5.75 Å². The Balaban J connectivity index is 2.39. The monoisotopic (exact) mass is 424 g/mol. The zero-order valence-corrected chi connectivity index (χ0v) is 19.7. The van der Waals surface area contributed by atoms with Gasteiger partial charge in [0, 0.05) is 11.1 Å². The molecule has 3 rings (SSSR count). The zero-order chi connectivity index (χ0) is 23.3. The molecule has 0 saturated heterocycles. The molecule has 0 radical (unpaired) electrons. The van der Waals surface area contributed by atoms with Crippen LogP contribution in [0.2, 0.25) is 0 Å². The van der Waals surface area contributed by atoms with E-state index < -0.39 is 0 Å². The molecule has 0 amide bonds. The van der Waals surface area contributed by atoms with Gasteiger partial charge in [0.15, 0.2) is 0 Å². The summed E-state index contributed by atoms with van der Waals surface area (Å²) in [4.78, 5) is 0. The van der Waals surface area contributed by atoms with Gasteiger partial charge < -0.3 is 9.15 Å². The molecule has 1 aliphatic heterocycles. The number of benzene rings is 1. The molecule has 0 fully saturated rings. The van der Waals surface area contributed by atoms with E-state index in [-0.39, 0.29) is 5.92 Å². The molecule has 1 aliphatic rings. The second-order valence-corrected chi connectivity index (χ2v) is 7.91. The molecule has 0 saturated carbocycles. The topological polar surface area (TPSA) is 22.4 Å². The third-order valence-electron chi connectivity index (χ3n) is 5.60. The summed E-state index contributed by atoms with van der Waals surface area (Å²) < 4.78 is 12.7. The first-order valence-corrected chi connectivity index (χ1v) is 11.0. The summed E-state index contributed by atoms with van der Waals surface area (Å²) in [7, 11) is 0. The van der Waals surface area contributed by atoms with E-state index in [4.69, 9.17) is 9.15 Å². The van der Waals surface area contributed by atoms with Gasteiger partial charge in [-0.05, 0) is 75.6 Å². The lowest BCUT2D eigenvalue weighted by molar-refractivity contribution is 0.388. The van der Waals surface area contributed by atoms with E-state index in [1.807, 2.05) is 63.3 Å². The van der Waals surface area contributed by atoms with E-state index in [0.717, 1.165) is 56.4 Å². The summed E-state index contributed by atoms with van der Waals surface area (Å²) in [6, 6.07) is 8.18. The molecule has 1 aromatic heterocycles. The second-order valence-electron chi connectivity index (χ2n) is 7.91. The van der Waals surface area contributed by atoms with Crippen LogP contribution >= 0.6 is 0 Å². The fraction of sp³-hybridized carbons (Fsp3) is 0.200. The number of hydrogen-bond donors (Lipinski definition) is 0. The van der Waals surface area contributed by atoms with E-state index in [1.54, 1.807) is 0 Å². The smallest absolute Gasteiger partial charge is 0.132 e. The lowest BCUT2D eigenvalue weighted by Crippen LogP contribution is -2.20. The van der Waals surface area contributed by atoms with Gasteiger partial charge in [-0.3, -0.25) is 0 Å². The van der Waals surface area contributed by atoms with Crippen LogP contribution in [0.25, 0.3) is 12.2 Å². The van der Waals surface area contributed by atoms with Crippen LogP contribution in [0.1, 0.15) is 61.8 Å². The Morgan fingerprint density at radius 1 is 1.03 bits per heavy atom. The molecule has 32 heavy (non-hydrogen) atoms. The minimum atomic E-state index is -0.134. The predicted octanol–water partition coefficient (Wildman–Crippen LogP) is 8.70. The van der Waals surface area contributed by atoms with Gasteiger partial charge in [-0.15, -0.1) is 0 Å². The zero-order valence-electron chi connectivity index (χ0n) is 19.7. The molecule has 0 spiro atoms. The second kappa shape index (κ2) is 10.2. The Labute approximate surface area is 192 Å². The molecule has 164 valence electrons. The molecule has 1 atom stereocenters. The largest absolute Gasteiger partial charge is 0.465 e. The third kappa shape index (κ3) is 4.55. The van der Waals surface area contributed by atoms with Crippen molar-refractivity contribution in [3.63, 3.8) is 0 Å². The van der Waals surface area contributed by atoms with Crippen LogP contribution in [0.4, 0.5) is 0 Å². The maximum Gasteiger partial charge on any atom is 0.132 e. The maximum atomic E-state index is 6.50. The van der Waals surface area contributed by atoms with Crippen molar-refractivity contribution in [2.45, 2.75) is 40.5 Å². The number of rotatable bonds is 6. The van der Waals surface area contributed by atoms with E-state index >= 15 is 0 Å². The first-order valence-electron chi connectivity index (χ1n) is 11.0. The maximum absolute atomic E-state index is 6.50. The number of furan rings is 1. The van der Waals surface area contributed by atoms with Gasteiger partial charge in [-0.1, -0.05) is 67.3 Å². The van der Waals surface area contributed by atoms with Gasteiger partial charge in [0.05, 0.1) is 5.92 Å². The van der Waals surface area contributed by atoms with Gasteiger partial charge in [0.2, 0.25) is 0 Å². The quantitative estimate of drug-likeness (QED) is 0.433. The molecular formula is C30H32O2. The third-order valence-corrected chi connectivity index (χ3v) is 5.60. The molecule has 2 heteroatoms. The average Bonchev–Trinajstić information content (AvgIpc) is 3.22. The highest BCUT2D eigenvalue weighted by Crippen LogP contribution is 2.49. The van der Waals surface area contributed by atoms with Crippen molar-refractivity contribution in [3.05, 3.63) is 125 Å². The lowest BCUT2D eigenvalue weighted by Gasteiger charge is -2.32. The molecule has 0 bridgehead atoms. The normalized spacial score (nSPS) is 19.3. The van der Waals surface area contributed by atoms with Crippen LogP contribution < -0.4 is 4.74 Å². The summed E-state index contributed by atoms with van der Waals surface area (Å²) in [6.45, 7) is 18.3. The molecule has 0 N–H and O–H groups in total. The van der Waals surface area contributed by atoms with Crippen LogP contribution in [-0.2, 0) is 0 Å². The van der Waals surface area contributed by atoms with Crippen LogP contribution in [-0.4, -0.2) is 0 Å². The summed E-state index contributed by atoms with van der Waals surface area (Å²) in [6.07, 6.45) is 16.1. The summed E-state index contributed by atoms with van der Waals surface area (Å²) in [5, 5.41) is 0. The van der Waals surface area contributed by atoms with Crippen LogP contribution in [0.5, 0.6) is 5.75 Å². The molecule has 2 nitrogen and oxygen atoms in total. The van der Waals surface area contributed by atoms with E-state index in [2.05, 4.69) is 57.4 Å². The van der Waals surface area contributed by atoms with E-state index in [1.165, 1.54) is 0 Å². The van der Waals surface area contributed by atoms with Crippen molar-refractivity contribution >= 4 is 12.2 Å². The summed E-state index contributed by atoms with van der Waals surface area (Å²) in [5.41, 5.74) is 6.45. The van der Waals surface area contributed by atoms with E-state index in [9.17, 15) is 0 Å². The molecule has 1 unspecified atom stereocenters. The SMILES string of the molecule is C=CC(C)=C1\C(=C/C=C(C)/C=C\C)Oc2ccc(/C=C\C)c(C=C)c2C1c1ccc(C)o1. The minimum Gasteiger partial charge on any atom is -0.465 e. The van der Waals surface area contributed by atoms with Gasteiger partial charge in [0.25, 0.3) is 0 Å². The Hall–Kier alpha value is -3.52. The van der Waals surface area contributed by atoms with Gasteiger partial charge in [0.1, 0.15) is 23.0 Å². The van der Waals surface area contributed by atoms with Gasteiger partial charge in [-0.2, -0.15) is 0 Å². The number of fused-ring (bicyclic) bond motifs is 1. The fourth-order valence-electron chi connectivity index (χ4n) is 4.11. The van der Waals surface area contributed by atoms with Crippen molar-refractivity contribution in [1.82, 2.24) is 0 Å². The first-order chi connectivity index (χ1) is 15.4. The number of aryl methyl sites for hydroxylation is 1. The highest BCUT2D eigenvalue weighted by molar-refractivity contribution is 5.74. The number of hydrogen-bond acceptors (Lipinski definition) is 2. The van der Waals surface area contributed by atoms with Crippen LogP contribution in [0.15, 0.2) is 101 Å². The Morgan fingerprint density at radius 2 is 1.81 bits per heavy atom. The Morgan fingerprint density at radius 3 is 2.41 bits per heavy atom. The Bertz CT molecular complexity index is 1180. The van der Waals surface area contributed by atoms with E-state index in [0.29, 0.717) is 0 Å². The minimum absolute atomic E-state index is 0.134. The van der Waals surface area contributed by atoms with Crippen molar-refractivity contribution in [1.29, 1.82) is 0 Å². The van der Waals surface area contributed by atoms with Crippen LogP contribution in [0, 0.1) is 6.92 Å². The lowest BCUT2D eigenvalue weighted by atomic mass is 9.79. The van der Waals surface area contributed by atoms with Gasteiger partial charge >= 0.3 is 0 Å². The van der Waals surface area contributed by atoms with Crippen molar-refractivity contribution < 1.29 is 9.15 Å². The molecule has 0 aliphatic carbocycles. The molecule has 2 heterocycles. The fourth-order valence-corrected chi connectivity index (χ4v) is 4.11. The van der Waals surface area contributed by atoms with Gasteiger partial charge in [-0.25, -0.2) is 0 Å². The molecular weight excluding hydrogens is 392 g/mol. The van der Waals surface area contributed by atoms with Crippen molar-refractivity contribution in [2.24, 2.45) is 0 Å². The van der Waals surface area contributed by atoms with Crippen molar-refractivity contribution in [2.75, 3.05) is 0 Å². The standard InChI is InChI=1S/C30H32O2/c1-8-12-20(5)14-17-25-28(21(6)10-3)30(27-18-15-22(7)31-27)29-24(11-4)23(13-9-2)16-19-26(29)32-25/h8-19,30H,3-4H2,1-2,5-7H3/b12-8-,13-9-,20-14+,25-17+,28-21?. The number of ether oxygens (including phenoxy) is 1. The highest BCUT2D eigenvalue weighted by atomic mass is 16.5. The highest BCUT2D eigenvalue weighted by Gasteiger charge is 2.36. The molecule has 1 aromatic carbocycles. The molecule has 2 aromatic rings. The summed E-state index contributed by atoms with van der Waals surface area (Å²) >= 11 is 0. The predicted molar refractivity (Wildman–Crippen MR) is 137 cm³/mol. The average molecular weight is 425 g/mol.